The smallest absolute Gasteiger partial charge is 0.0672 e. The molecule has 0 aliphatic carbocycles. The Morgan fingerprint density at radius 3 is 2.50 bits per heavy atom. The van der Waals surface area contributed by atoms with Crippen molar-refractivity contribution in [3.8, 4) is 0 Å². The fourth-order valence-corrected chi connectivity index (χ4v) is 1.63. The van der Waals surface area contributed by atoms with Crippen molar-refractivity contribution >= 4 is 0 Å². The number of hydrogen-bond donors (Lipinski definition) is 1. The summed E-state index contributed by atoms with van der Waals surface area (Å²) >= 11 is 0. The topological polar surface area (TPSA) is 21.3 Å². The second-order valence-electron chi connectivity index (χ2n) is 4.82. The van der Waals surface area contributed by atoms with Crippen LogP contribution in [0.5, 0.6) is 0 Å². The molecule has 0 aromatic carbocycles. The Kier molecular flexibility index (Phi) is 9.65. The Labute approximate surface area is 101 Å². The zero-order valence-electron chi connectivity index (χ0n) is 11.5. The van der Waals surface area contributed by atoms with Crippen LogP contribution in [0.1, 0.15) is 47.0 Å². The summed E-state index contributed by atoms with van der Waals surface area (Å²) in [5.41, 5.74) is 1.09. The zero-order chi connectivity index (χ0) is 12.4. The molecule has 2 heteroatoms. The lowest BCUT2D eigenvalue weighted by Crippen LogP contribution is -2.33. The van der Waals surface area contributed by atoms with Crippen LogP contribution in [-0.2, 0) is 4.74 Å². The van der Waals surface area contributed by atoms with Gasteiger partial charge in [-0.15, -0.1) is 0 Å². The van der Waals surface area contributed by atoms with E-state index in [1.807, 2.05) is 6.92 Å². The van der Waals surface area contributed by atoms with Crippen LogP contribution in [0.4, 0.5) is 0 Å². The van der Waals surface area contributed by atoms with Gasteiger partial charge in [0.1, 0.15) is 0 Å². The third-order valence-electron chi connectivity index (χ3n) is 2.90. The number of hydrogen-bond acceptors (Lipinski definition) is 2. The van der Waals surface area contributed by atoms with E-state index in [-0.39, 0.29) is 0 Å². The van der Waals surface area contributed by atoms with E-state index in [2.05, 4.69) is 32.7 Å². The van der Waals surface area contributed by atoms with Gasteiger partial charge in [-0.05, 0) is 25.7 Å². The number of nitrogens with one attached hydrogen (secondary N) is 1. The highest BCUT2D eigenvalue weighted by molar-refractivity contribution is 4.87. The molecular weight excluding hydrogens is 198 g/mol. The molecular formula is C14H29NO. The van der Waals surface area contributed by atoms with Crippen LogP contribution in [0.25, 0.3) is 0 Å². The summed E-state index contributed by atoms with van der Waals surface area (Å²) in [5.74, 6) is 0.814. The van der Waals surface area contributed by atoms with E-state index in [0.717, 1.165) is 24.6 Å². The Hall–Kier alpha value is -0.340. The standard InChI is InChI=1S/C14H29NO/c1-6-13(5)10-14(7-2)15-8-9-16-11-12(3)4/h13-15H,3,6-11H2,1-2,4-5H3. The fourth-order valence-electron chi connectivity index (χ4n) is 1.63. The molecule has 0 rings (SSSR count). The van der Waals surface area contributed by atoms with Gasteiger partial charge in [-0.1, -0.05) is 39.3 Å². The molecule has 0 bridgehead atoms. The molecule has 1 N–H and O–H groups in total. The fraction of sp³-hybridized carbons (Fsp3) is 0.857. The Bertz CT molecular complexity index is 180. The second kappa shape index (κ2) is 9.86. The van der Waals surface area contributed by atoms with Gasteiger partial charge in [-0.3, -0.25) is 0 Å². The normalized spacial score (nSPS) is 14.8. The molecule has 0 heterocycles. The maximum absolute atomic E-state index is 5.46. The van der Waals surface area contributed by atoms with E-state index in [4.69, 9.17) is 4.74 Å². The van der Waals surface area contributed by atoms with Gasteiger partial charge in [-0.25, -0.2) is 0 Å². The molecule has 2 nitrogen and oxygen atoms in total. The van der Waals surface area contributed by atoms with Crippen LogP contribution in [0.2, 0.25) is 0 Å². The first kappa shape index (κ1) is 15.7. The molecule has 2 atom stereocenters. The average molecular weight is 227 g/mol. The largest absolute Gasteiger partial charge is 0.376 e. The molecule has 96 valence electrons. The quantitative estimate of drug-likeness (QED) is 0.456. The minimum atomic E-state index is 0.642. The molecule has 16 heavy (non-hydrogen) atoms. The SMILES string of the molecule is C=C(C)COCCNC(CC)CC(C)CC. The van der Waals surface area contributed by atoms with E-state index in [9.17, 15) is 0 Å². The first-order valence-corrected chi connectivity index (χ1v) is 6.55. The number of ether oxygens (including phenoxy) is 1. The highest BCUT2D eigenvalue weighted by atomic mass is 16.5. The molecule has 0 aromatic rings. The van der Waals surface area contributed by atoms with Crippen molar-refractivity contribution in [2.45, 2.75) is 53.0 Å². The summed E-state index contributed by atoms with van der Waals surface area (Å²) in [6, 6.07) is 0.642. The Balaban J connectivity index is 3.51. The summed E-state index contributed by atoms with van der Waals surface area (Å²) in [4.78, 5) is 0. The van der Waals surface area contributed by atoms with Crippen LogP contribution < -0.4 is 5.32 Å². The van der Waals surface area contributed by atoms with Crippen molar-refractivity contribution < 1.29 is 4.74 Å². The van der Waals surface area contributed by atoms with Gasteiger partial charge in [-0.2, -0.15) is 0 Å². The van der Waals surface area contributed by atoms with Crippen molar-refractivity contribution in [1.29, 1.82) is 0 Å². The summed E-state index contributed by atoms with van der Waals surface area (Å²) in [6.45, 7) is 15.0. The second-order valence-corrected chi connectivity index (χ2v) is 4.82. The summed E-state index contributed by atoms with van der Waals surface area (Å²) in [7, 11) is 0. The first-order valence-electron chi connectivity index (χ1n) is 6.55. The lowest BCUT2D eigenvalue weighted by molar-refractivity contribution is 0.153. The van der Waals surface area contributed by atoms with Crippen LogP contribution in [-0.4, -0.2) is 25.8 Å². The first-order chi connectivity index (χ1) is 7.60. The van der Waals surface area contributed by atoms with Gasteiger partial charge in [0.2, 0.25) is 0 Å². The molecule has 0 fully saturated rings. The molecule has 0 spiro atoms. The van der Waals surface area contributed by atoms with E-state index < -0.39 is 0 Å². The van der Waals surface area contributed by atoms with E-state index >= 15 is 0 Å². The van der Waals surface area contributed by atoms with Gasteiger partial charge >= 0.3 is 0 Å². The molecule has 0 saturated carbocycles. The minimum Gasteiger partial charge on any atom is -0.376 e. The lowest BCUT2D eigenvalue weighted by atomic mass is 9.98. The maximum atomic E-state index is 5.46. The Morgan fingerprint density at radius 1 is 1.31 bits per heavy atom. The Morgan fingerprint density at radius 2 is 2.00 bits per heavy atom. The molecule has 0 aliphatic heterocycles. The molecule has 0 aliphatic rings. The molecule has 0 amide bonds. The maximum Gasteiger partial charge on any atom is 0.0672 e. The highest BCUT2D eigenvalue weighted by Gasteiger charge is 2.09. The monoisotopic (exact) mass is 227 g/mol. The van der Waals surface area contributed by atoms with Crippen molar-refractivity contribution in [1.82, 2.24) is 5.32 Å². The predicted octanol–water partition coefficient (Wildman–Crippen LogP) is 3.38. The average Bonchev–Trinajstić information content (AvgIpc) is 2.26. The van der Waals surface area contributed by atoms with Gasteiger partial charge in [0.05, 0.1) is 13.2 Å². The summed E-state index contributed by atoms with van der Waals surface area (Å²) in [5, 5.41) is 3.55. The lowest BCUT2D eigenvalue weighted by Gasteiger charge is -2.20. The van der Waals surface area contributed by atoms with Crippen molar-refractivity contribution in [3.05, 3.63) is 12.2 Å². The van der Waals surface area contributed by atoms with Gasteiger partial charge in [0.25, 0.3) is 0 Å². The van der Waals surface area contributed by atoms with Crippen LogP contribution >= 0.6 is 0 Å². The zero-order valence-corrected chi connectivity index (χ0v) is 11.5. The van der Waals surface area contributed by atoms with E-state index in [1.165, 1.54) is 19.3 Å². The highest BCUT2D eigenvalue weighted by Crippen LogP contribution is 2.11. The van der Waals surface area contributed by atoms with Crippen molar-refractivity contribution in [3.63, 3.8) is 0 Å². The third-order valence-corrected chi connectivity index (χ3v) is 2.90. The summed E-state index contributed by atoms with van der Waals surface area (Å²) < 4.78 is 5.46. The number of rotatable bonds is 10. The van der Waals surface area contributed by atoms with Gasteiger partial charge in [0.15, 0.2) is 0 Å². The molecule has 0 aromatic heterocycles. The van der Waals surface area contributed by atoms with Crippen LogP contribution in [0, 0.1) is 5.92 Å². The van der Waals surface area contributed by atoms with E-state index in [0.29, 0.717) is 12.6 Å². The molecule has 0 radical (unpaired) electrons. The summed E-state index contributed by atoms with van der Waals surface area (Å²) in [6.07, 6.45) is 3.74. The predicted molar refractivity (Wildman–Crippen MR) is 71.8 cm³/mol. The third kappa shape index (κ3) is 8.93. The van der Waals surface area contributed by atoms with Crippen molar-refractivity contribution in [2.75, 3.05) is 19.8 Å². The van der Waals surface area contributed by atoms with Crippen LogP contribution in [0.15, 0.2) is 12.2 Å². The van der Waals surface area contributed by atoms with Gasteiger partial charge in [0, 0.05) is 12.6 Å². The van der Waals surface area contributed by atoms with Crippen LogP contribution in [0.3, 0.4) is 0 Å². The van der Waals surface area contributed by atoms with Crippen molar-refractivity contribution in [2.24, 2.45) is 5.92 Å². The molecule has 2 unspecified atom stereocenters. The minimum absolute atomic E-state index is 0.642. The molecule has 0 saturated heterocycles. The van der Waals surface area contributed by atoms with Gasteiger partial charge < -0.3 is 10.1 Å². The van der Waals surface area contributed by atoms with E-state index in [1.54, 1.807) is 0 Å².